The van der Waals surface area contributed by atoms with Gasteiger partial charge in [-0.2, -0.15) is 0 Å². The zero-order chi connectivity index (χ0) is 14.7. The van der Waals surface area contributed by atoms with Gasteiger partial charge in [-0.05, 0) is 17.7 Å². The van der Waals surface area contributed by atoms with Crippen molar-refractivity contribution >= 4 is 11.8 Å². The third kappa shape index (κ3) is 2.86. The molecule has 0 bridgehead atoms. The Hall–Kier alpha value is -2.19. The lowest BCUT2D eigenvalue weighted by atomic mass is 10.1. The van der Waals surface area contributed by atoms with Crippen molar-refractivity contribution in [2.45, 2.75) is 19.9 Å². The summed E-state index contributed by atoms with van der Waals surface area (Å²) in [6.45, 7) is 2.02. The van der Waals surface area contributed by atoms with Crippen LogP contribution in [-0.4, -0.2) is 23.3 Å². The quantitative estimate of drug-likeness (QED) is 0.647. The Morgan fingerprint density at radius 2 is 2.20 bits per heavy atom. The van der Waals surface area contributed by atoms with Crippen molar-refractivity contribution in [3.63, 3.8) is 0 Å². The van der Waals surface area contributed by atoms with Crippen molar-refractivity contribution in [1.29, 1.82) is 0 Å². The van der Waals surface area contributed by atoms with Crippen LogP contribution in [0.2, 0.25) is 0 Å². The molecule has 1 atom stereocenters. The van der Waals surface area contributed by atoms with Gasteiger partial charge < -0.3 is 5.73 Å². The first-order chi connectivity index (χ1) is 9.52. The molecule has 4 nitrogen and oxygen atoms in total. The third-order valence-corrected chi connectivity index (χ3v) is 3.17. The van der Waals surface area contributed by atoms with Gasteiger partial charge in [-0.25, -0.2) is 4.39 Å². The first-order valence-electron chi connectivity index (χ1n) is 6.34. The predicted octanol–water partition coefficient (Wildman–Crippen LogP) is 1.03. The number of rotatable bonds is 2. The molecule has 2 rings (SSSR count). The lowest BCUT2D eigenvalue weighted by Crippen LogP contribution is -2.29. The normalized spacial score (nSPS) is 18.1. The van der Waals surface area contributed by atoms with Gasteiger partial charge in [0, 0.05) is 12.3 Å². The summed E-state index contributed by atoms with van der Waals surface area (Å²) in [5.74, 6) is 4.11. The molecule has 104 valence electrons. The highest BCUT2D eigenvalue weighted by Gasteiger charge is 2.35. The number of benzene rings is 1. The Morgan fingerprint density at radius 3 is 2.80 bits per heavy atom. The van der Waals surface area contributed by atoms with Crippen molar-refractivity contribution in [2.24, 2.45) is 11.7 Å². The lowest BCUT2D eigenvalue weighted by molar-refractivity contribution is -0.139. The van der Waals surface area contributed by atoms with Crippen LogP contribution in [0.1, 0.15) is 24.5 Å². The average molecular weight is 274 g/mol. The van der Waals surface area contributed by atoms with Gasteiger partial charge in [0.1, 0.15) is 5.82 Å². The molecule has 1 aliphatic heterocycles. The molecule has 1 fully saturated rings. The van der Waals surface area contributed by atoms with Crippen LogP contribution >= 0.6 is 0 Å². The summed E-state index contributed by atoms with van der Waals surface area (Å²) in [6, 6.07) is 4.37. The first kappa shape index (κ1) is 14.2. The van der Waals surface area contributed by atoms with Crippen molar-refractivity contribution < 1.29 is 14.0 Å². The second-order valence-corrected chi connectivity index (χ2v) is 4.74. The van der Waals surface area contributed by atoms with Crippen LogP contribution in [0.3, 0.4) is 0 Å². The summed E-state index contributed by atoms with van der Waals surface area (Å²) in [6.07, 6.45) is 0.236. The van der Waals surface area contributed by atoms with E-state index in [4.69, 9.17) is 5.73 Å². The van der Waals surface area contributed by atoms with Gasteiger partial charge in [0.25, 0.3) is 0 Å². The van der Waals surface area contributed by atoms with Gasteiger partial charge in [-0.15, -0.1) is 0 Å². The lowest BCUT2D eigenvalue weighted by Gasteiger charge is -2.14. The molecular formula is C15H15FN2O2. The molecule has 1 saturated heterocycles. The molecule has 1 aliphatic rings. The number of nitrogens with zero attached hydrogens (tertiary/aromatic N) is 1. The Bertz CT molecular complexity index is 616. The molecule has 0 aliphatic carbocycles. The van der Waals surface area contributed by atoms with Gasteiger partial charge in [-0.1, -0.05) is 24.8 Å². The van der Waals surface area contributed by atoms with Crippen LogP contribution in [0.5, 0.6) is 0 Å². The smallest absolute Gasteiger partial charge is 0.232 e. The van der Waals surface area contributed by atoms with Crippen LogP contribution in [0, 0.1) is 23.6 Å². The highest BCUT2D eigenvalue weighted by Crippen LogP contribution is 2.21. The highest BCUT2D eigenvalue weighted by atomic mass is 19.1. The number of halogens is 1. The van der Waals surface area contributed by atoms with E-state index in [0.717, 1.165) is 0 Å². The van der Waals surface area contributed by atoms with E-state index in [1.54, 1.807) is 19.1 Å². The zero-order valence-corrected chi connectivity index (χ0v) is 11.1. The number of imide groups is 1. The van der Waals surface area contributed by atoms with E-state index in [1.165, 1.54) is 11.0 Å². The molecule has 1 heterocycles. The van der Waals surface area contributed by atoms with Gasteiger partial charge in [0.05, 0.1) is 18.7 Å². The maximum atomic E-state index is 13.5. The van der Waals surface area contributed by atoms with E-state index >= 15 is 0 Å². The summed E-state index contributed by atoms with van der Waals surface area (Å²) >= 11 is 0. The minimum absolute atomic E-state index is 0.143. The number of hydrogen-bond acceptors (Lipinski definition) is 3. The van der Waals surface area contributed by atoms with E-state index in [1.807, 2.05) is 0 Å². The Kier molecular flexibility index (Phi) is 4.16. The van der Waals surface area contributed by atoms with Crippen LogP contribution in [-0.2, 0) is 16.1 Å². The summed E-state index contributed by atoms with van der Waals surface area (Å²) in [4.78, 5) is 24.7. The fraction of sp³-hybridized carbons (Fsp3) is 0.333. The van der Waals surface area contributed by atoms with Crippen LogP contribution in [0.4, 0.5) is 4.39 Å². The molecule has 0 aromatic heterocycles. The minimum Gasteiger partial charge on any atom is -0.320 e. The first-order valence-corrected chi connectivity index (χ1v) is 6.34. The maximum absolute atomic E-state index is 13.5. The molecule has 1 aromatic rings. The largest absolute Gasteiger partial charge is 0.320 e. The SMILES string of the molecule is CC1CC(=O)N(Cc2ccc(F)c(C#CCN)c2)C1=O. The molecule has 1 aromatic carbocycles. The number of likely N-dealkylation sites (tertiary alicyclic amines) is 1. The fourth-order valence-electron chi connectivity index (χ4n) is 2.11. The molecule has 0 saturated carbocycles. The van der Waals surface area contributed by atoms with E-state index in [0.29, 0.717) is 5.56 Å². The van der Waals surface area contributed by atoms with Gasteiger partial charge in [-0.3, -0.25) is 14.5 Å². The number of carbonyl (C=O) groups excluding carboxylic acids is 2. The zero-order valence-electron chi connectivity index (χ0n) is 11.1. The summed E-state index contributed by atoms with van der Waals surface area (Å²) < 4.78 is 13.5. The summed E-state index contributed by atoms with van der Waals surface area (Å²) in [7, 11) is 0. The predicted molar refractivity (Wildman–Crippen MR) is 71.7 cm³/mol. The van der Waals surface area contributed by atoms with E-state index in [-0.39, 0.29) is 42.8 Å². The van der Waals surface area contributed by atoms with Crippen LogP contribution in [0.25, 0.3) is 0 Å². The third-order valence-electron chi connectivity index (χ3n) is 3.17. The topological polar surface area (TPSA) is 63.4 Å². The van der Waals surface area contributed by atoms with Crippen LogP contribution in [0.15, 0.2) is 18.2 Å². The molecule has 20 heavy (non-hydrogen) atoms. The Labute approximate surface area is 116 Å². The van der Waals surface area contributed by atoms with E-state index in [2.05, 4.69) is 11.8 Å². The Balaban J connectivity index is 2.22. The second-order valence-electron chi connectivity index (χ2n) is 4.74. The molecule has 2 N–H and O–H groups in total. The number of hydrogen-bond donors (Lipinski definition) is 1. The molecule has 0 radical (unpaired) electrons. The number of carbonyl (C=O) groups is 2. The fourth-order valence-corrected chi connectivity index (χ4v) is 2.11. The van der Waals surface area contributed by atoms with E-state index in [9.17, 15) is 14.0 Å². The molecule has 2 amide bonds. The number of amides is 2. The summed E-state index contributed by atoms with van der Waals surface area (Å²) in [5.41, 5.74) is 6.15. The van der Waals surface area contributed by atoms with Gasteiger partial charge >= 0.3 is 0 Å². The van der Waals surface area contributed by atoms with Crippen LogP contribution < -0.4 is 5.73 Å². The van der Waals surface area contributed by atoms with Gasteiger partial charge in [0.2, 0.25) is 11.8 Å². The average Bonchev–Trinajstić information content (AvgIpc) is 2.66. The van der Waals surface area contributed by atoms with Gasteiger partial charge in [0.15, 0.2) is 0 Å². The summed E-state index contributed by atoms with van der Waals surface area (Å²) in [5, 5.41) is 0. The Morgan fingerprint density at radius 1 is 1.45 bits per heavy atom. The van der Waals surface area contributed by atoms with Crippen molar-refractivity contribution in [2.75, 3.05) is 6.54 Å². The van der Waals surface area contributed by atoms with E-state index < -0.39 is 5.82 Å². The second kappa shape index (κ2) is 5.85. The molecule has 1 unspecified atom stereocenters. The molecule has 0 spiro atoms. The molecule has 5 heteroatoms. The monoisotopic (exact) mass is 274 g/mol. The standard InChI is InChI=1S/C15H15FN2O2/c1-10-7-14(19)18(15(10)20)9-11-4-5-13(16)12(8-11)3-2-6-17/h4-5,8,10H,6-7,9,17H2,1H3. The number of nitrogens with two attached hydrogens (primary N) is 1. The van der Waals surface area contributed by atoms with Crippen molar-refractivity contribution in [1.82, 2.24) is 4.90 Å². The van der Waals surface area contributed by atoms with Crippen molar-refractivity contribution in [3.8, 4) is 11.8 Å². The maximum Gasteiger partial charge on any atom is 0.232 e. The van der Waals surface area contributed by atoms with Crippen molar-refractivity contribution in [3.05, 3.63) is 35.1 Å². The highest BCUT2D eigenvalue weighted by molar-refractivity contribution is 6.03. The molecular weight excluding hydrogens is 259 g/mol. The minimum atomic E-state index is -0.442.